The Morgan fingerprint density at radius 3 is 2.52 bits per heavy atom. The maximum Gasteiger partial charge on any atom is 0.357 e. The first kappa shape index (κ1) is 29.5. The van der Waals surface area contributed by atoms with E-state index in [0.29, 0.717) is 67.3 Å². The fourth-order valence-corrected chi connectivity index (χ4v) is 6.38. The van der Waals surface area contributed by atoms with Crippen molar-refractivity contribution >= 4 is 34.8 Å². The van der Waals surface area contributed by atoms with E-state index in [-0.39, 0.29) is 23.3 Å². The molecule has 0 aliphatic carbocycles. The van der Waals surface area contributed by atoms with Crippen LogP contribution in [-0.4, -0.2) is 55.7 Å². The van der Waals surface area contributed by atoms with Crippen LogP contribution >= 0.6 is 11.3 Å². The summed E-state index contributed by atoms with van der Waals surface area (Å²) in [5.41, 5.74) is 10.2. The van der Waals surface area contributed by atoms with Gasteiger partial charge in [0.25, 0.3) is 11.8 Å². The lowest BCUT2D eigenvalue weighted by atomic mass is 9.93. The Kier molecular flexibility index (Phi) is 8.69. The average molecular weight is 613 g/mol. The standard InChI is InChI=1S/C33H32N4O6S/c1-41-33(40)29-23(6-7-27(37-29)32(39)36-22-9-12-42-13-10-22)24-17-28-26(30-20(8-14-43-28)11-15-44-30)16-25(24)31(38)35-21-4-2-19(18-34)3-5-21/h2-7,11,15-17,22H,8-10,12-14,18,34H2,1H3,(H,35,38)(H,36,39). The minimum atomic E-state index is -0.735. The van der Waals surface area contributed by atoms with Gasteiger partial charge in [0.2, 0.25) is 0 Å². The summed E-state index contributed by atoms with van der Waals surface area (Å²) in [5, 5.41) is 7.97. The summed E-state index contributed by atoms with van der Waals surface area (Å²) in [4.78, 5) is 45.6. The van der Waals surface area contributed by atoms with Crippen LogP contribution in [0.5, 0.6) is 5.75 Å². The van der Waals surface area contributed by atoms with Gasteiger partial charge < -0.3 is 30.6 Å². The van der Waals surface area contributed by atoms with Gasteiger partial charge >= 0.3 is 5.97 Å². The summed E-state index contributed by atoms with van der Waals surface area (Å²) in [5.74, 6) is -0.936. The van der Waals surface area contributed by atoms with Crippen molar-refractivity contribution in [3.05, 3.63) is 88.1 Å². The molecule has 4 N–H and O–H groups in total. The van der Waals surface area contributed by atoms with Crippen LogP contribution in [0, 0.1) is 0 Å². The van der Waals surface area contributed by atoms with Crippen LogP contribution < -0.4 is 21.1 Å². The van der Waals surface area contributed by atoms with Gasteiger partial charge in [-0.1, -0.05) is 12.1 Å². The molecule has 4 aromatic rings. The van der Waals surface area contributed by atoms with Crippen LogP contribution in [0.25, 0.3) is 21.6 Å². The number of rotatable bonds is 7. The van der Waals surface area contributed by atoms with Crippen molar-refractivity contribution in [2.24, 2.45) is 5.73 Å². The van der Waals surface area contributed by atoms with Gasteiger partial charge in [0, 0.05) is 65.0 Å². The van der Waals surface area contributed by atoms with Gasteiger partial charge in [0.15, 0.2) is 5.69 Å². The molecule has 2 aromatic carbocycles. The number of amides is 2. The Morgan fingerprint density at radius 2 is 1.77 bits per heavy atom. The summed E-state index contributed by atoms with van der Waals surface area (Å²) in [6.45, 7) is 1.99. The van der Waals surface area contributed by atoms with Gasteiger partial charge in [-0.05, 0) is 71.8 Å². The van der Waals surface area contributed by atoms with E-state index in [0.717, 1.165) is 28.0 Å². The maximum absolute atomic E-state index is 13.9. The van der Waals surface area contributed by atoms with Crippen LogP contribution in [0.3, 0.4) is 0 Å². The first-order chi connectivity index (χ1) is 21.4. The SMILES string of the molecule is COC(=O)c1nc(C(=O)NC2CCOCC2)ccc1-c1cc2c(cc1C(=O)Nc1ccc(CN)cc1)-c1sccc1CCO2. The van der Waals surface area contributed by atoms with Crippen molar-refractivity contribution in [3.8, 4) is 27.3 Å². The van der Waals surface area contributed by atoms with Crippen LogP contribution in [0.1, 0.15) is 55.3 Å². The first-order valence-electron chi connectivity index (χ1n) is 14.4. The Balaban J connectivity index is 1.45. The molecular formula is C33H32N4O6S. The molecule has 2 amide bonds. The number of fused-ring (bicyclic) bond motifs is 3. The second-order valence-corrected chi connectivity index (χ2v) is 11.5. The quantitative estimate of drug-likeness (QED) is 0.252. The summed E-state index contributed by atoms with van der Waals surface area (Å²) < 4.78 is 16.6. The maximum atomic E-state index is 13.9. The van der Waals surface area contributed by atoms with Gasteiger partial charge in [-0.3, -0.25) is 9.59 Å². The van der Waals surface area contributed by atoms with E-state index in [9.17, 15) is 14.4 Å². The highest BCUT2D eigenvalue weighted by molar-refractivity contribution is 7.13. The fourth-order valence-electron chi connectivity index (χ4n) is 5.41. The number of nitrogens with two attached hydrogens (primary N) is 1. The second kappa shape index (κ2) is 13.0. The number of thiophene rings is 1. The molecule has 2 aromatic heterocycles. The number of anilines is 1. The van der Waals surface area contributed by atoms with Crippen LogP contribution in [0.15, 0.2) is 60.0 Å². The number of esters is 1. The van der Waals surface area contributed by atoms with Gasteiger partial charge in [0.05, 0.1) is 13.7 Å². The number of methoxy groups -OCH3 is 1. The van der Waals surface area contributed by atoms with Gasteiger partial charge in [-0.2, -0.15) is 0 Å². The summed E-state index contributed by atoms with van der Waals surface area (Å²) in [7, 11) is 1.25. The zero-order valence-electron chi connectivity index (χ0n) is 24.2. The topological polar surface area (TPSA) is 142 Å². The van der Waals surface area contributed by atoms with Gasteiger partial charge in [0.1, 0.15) is 11.4 Å². The summed E-state index contributed by atoms with van der Waals surface area (Å²) >= 11 is 1.58. The molecule has 2 aliphatic heterocycles. The highest BCUT2D eigenvalue weighted by Crippen LogP contribution is 2.43. The third kappa shape index (κ3) is 6.07. The lowest BCUT2D eigenvalue weighted by Crippen LogP contribution is -2.39. The summed E-state index contributed by atoms with van der Waals surface area (Å²) in [6, 6.07) is 16.0. The number of nitrogens with zero attached hydrogens (tertiary/aromatic N) is 1. The minimum absolute atomic E-state index is 0.0441. The van der Waals surface area contributed by atoms with Gasteiger partial charge in [-0.15, -0.1) is 11.3 Å². The van der Waals surface area contributed by atoms with Crippen LogP contribution in [0.2, 0.25) is 0 Å². The number of pyridine rings is 1. The molecule has 0 saturated carbocycles. The molecule has 2 aliphatic rings. The van der Waals surface area contributed by atoms with Crippen LogP contribution in [-0.2, 0) is 22.4 Å². The van der Waals surface area contributed by atoms with Crippen molar-refractivity contribution in [1.29, 1.82) is 0 Å². The van der Waals surface area contributed by atoms with Gasteiger partial charge in [-0.25, -0.2) is 9.78 Å². The third-order valence-corrected chi connectivity index (χ3v) is 8.78. The number of hydrogen-bond acceptors (Lipinski definition) is 9. The zero-order valence-corrected chi connectivity index (χ0v) is 25.0. The molecular weight excluding hydrogens is 580 g/mol. The predicted molar refractivity (Wildman–Crippen MR) is 167 cm³/mol. The predicted octanol–water partition coefficient (Wildman–Crippen LogP) is 4.82. The Morgan fingerprint density at radius 1 is 0.977 bits per heavy atom. The molecule has 11 heteroatoms. The number of aromatic nitrogens is 1. The highest BCUT2D eigenvalue weighted by atomic mass is 32.1. The molecule has 1 saturated heterocycles. The number of ether oxygens (including phenoxy) is 3. The summed E-state index contributed by atoms with van der Waals surface area (Å²) in [6.07, 6.45) is 2.12. The zero-order chi connectivity index (χ0) is 30.6. The number of nitrogens with one attached hydrogen (secondary N) is 2. The minimum Gasteiger partial charge on any atom is -0.493 e. The van der Waals surface area contributed by atoms with E-state index in [1.165, 1.54) is 7.11 Å². The molecule has 0 atom stereocenters. The number of hydrogen-bond donors (Lipinski definition) is 3. The van der Waals surface area contributed by atoms with E-state index in [2.05, 4.69) is 21.7 Å². The fraction of sp³-hybridized carbons (Fsp3) is 0.273. The average Bonchev–Trinajstić information content (AvgIpc) is 3.46. The van der Waals surface area contributed by atoms with Crippen molar-refractivity contribution in [2.45, 2.75) is 31.8 Å². The third-order valence-electron chi connectivity index (χ3n) is 7.79. The highest BCUT2D eigenvalue weighted by Gasteiger charge is 2.27. The normalized spacial score (nSPS) is 14.4. The van der Waals surface area contributed by atoms with Crippen LogP contribution in [0.4, 0.5) is 5.69 Å². The molecule has 0 spiro atoms. The van der Waals surface area contributed by atoms with Crippen molar-refractivity contribution in [3.63, 3.8) is 0 Å². The Hall–Kier alpha value is -4.58. The lowest BCUT2D eigenvalue weighted by Gasteiger charge is -2.23. The van der Waals surface area contributed by atoms with E-state index in [1.807, 2.05) is 17.5 Å². The molecule has 6 rings (SSSR count). The second-order valence-electron chi connectivity index (χ2n) is 10.6. The van der Waals surface area contributed by atoms with E-state index >= 15 is 0 Å². The van der Waals surface area contributed by atoms with E-state index in [4.69, 9.17) is 19.9 Å². The molecule has 226 valence electrons. The number of carbonyl (C=O) groups excluding carboxylic acids is 3. The lowest BCUT2D eigenvalue weighted by molar-refractivity contribution is 0.0594. The molecule has 1 fully saturated rings. The molecule has 0 unspecified atom stereocenters. The Bertz CT molecular complexity index is 1710. The number of benzene rings is 2. The van der Waals surface area contributed by atoms with E-state index < -0.39 is 11.9 Å². The molecule has 10 nitrogen and oxygen atoms in total. The molecule has 0 radical (unpaired) electrons. The molecule has 0 bridgehead atoms. The van der Waals surface area contributed by atoms with Crippen molar-refractivity contribution in [2.75, 3.05) is 32.2 Å². The monoisotopic (exact) mass is 612 g/mol. The Labute approximate surface area is 258 Å². The molecule has 4 heterocycles. The largest absolute Gasteiger partial charge is 0.493 e. The molecule has 44 heavy (non-hydrogen) atoms. The smallest absolute Gasteiger partial charge is 0.357 e. The number of carbonyl (C=O) groups is 3. The van der Waals surface area contributed by atoms with Crippen molar-refractivity contribution in [1.82, 2.24) is 10.3 Å². The first-order valence-corrected chi connectivity index (χ1v) is 15.3. The van der Waals surface area contributed by atoms with E-state index in [1.54, 1.807) is 47.7 Å². The van der Waals surface area contributed by atoms with Crippen molar-refractivity contribution < 1.29 is 28.6 Å².